The van der Waals surface area contributed by atoms with Crippen molar-refractivity contribution in [1.29, 1.82) is 0 Å². The van der Waals surface area contributed by atoms with E-state index in [4.69, 9.17) is 9.73 Å². The average molecular weight is 339 g/mol. The summed E-state index contributed by atoms with van der Waals surface area (Å²) in [6.45, 7) is 4.58. The van der Waals surface area contributed by atoms with Crippen LogP contribution >= 0.6 is 15.9 Å². The molecule has 0 amide bonds. The fourth-order valence-corrected chi connectivity index (χ4v) is 2.74. The zero-order valence-electron chi connectivity index (χ0n) is 12.0. The van der Waals surface area contributed by atoms with E-state index < -0.39 is 0 Å². The number of hydrogen-bond acceptors (Lipinski definition) is 3. The van der Waals surface area contributed by atoms with Gasteiger partial charge in [0, 0.05) is 10.7 Å². The van der Waals surface area contributed by atoms with Gasteiger partial charge < -0.3 is 4.74 Å². The summed E-state index contributed by atoms with van der Waals surface area (Å²) in [5.74, 6) is 0.667. The third-order valence-electron chi connectivity index (χ3n) is 3.63. The molecular weight excluding hydrogens is 316 g/mol. The topological polar surface area (TPSA) is 33.6 Å². The highest BCUT2D eigenvalue weighted by atomic mass is 79.9. The van der Waals surface area contributed by atoms with Gasteiger partial charge in [0.25, 0.3) is 0 Å². The summed E-state index contributed by atoms with van der Waals surface area (Å²) in [6.07, 6.45) is 5.56. The minimum Gasteiger partial charge on any atom is -0.366 e. The molecule has 2 atom stereocenters. The molecule has 2 rings (SSSR count). The van der Waals surface area contributed by atoms with Gasteiger partial charge in [-0.1, -0.05) is 35.0 Å². The van der Waals surface area contributed by atoms with Gasteiger partial charge in [0.2, 0.25) is 0 Å². The SMILES string of the molecule is CCNCOC[C@H]1CC[C@@H](N=Cc2ccc(Br)cc2)C1. The number of ether oxygens (including phenoxy) is 1. The van der Waals surface area contributed by atoms with Gasteiger partial charge in [-0.25, -0.2) is 0 Å². The van der Waals surface area contributed by atoms with E-state index in [0.29, 0.717) is 18.7 Å². The van der Waals surface area contributed by atoms with Crippen LogP contribution in [0.5, 0.6) is 0 Å². The van der Waals surface area contributed by atoms with Crippen LogP contribution < -0.4 is 5.32 Å². The Morgan fingerprint density at radius 3 is 2.90 bits per heavy atom. The first-order valence-corrected chi connectivity index (χ1v) is 8.14. The monoisotopic (exact) mass is 338 g/mol. The summed E-state index contributed by atoms with van der Waals surface area (Å²) in [7, 11) is 0. The van der Waals surface area contributed by atoms with Crippen molar-refractivity contribution in [3.8, 4) is 0 Å². The van der Waals surface area contributed by atoms with Crippen LogP contribution in [-0.2, 0) is 4.74 Å². The molecule has 0 bridgehead atoms. The highest BCUT2D eigenvalue weighted by molar-refractivity contribution is 9.10. The molecule has 1 aromatic carbocycles. The number of halogens is 1. The Morgan fingerprint density at radius 2 is 2.15 bits per heavy atom. The second kappa shape index (κ2) is 8.55. The van der Waals surface area contributed by atoms with Gasteiger partial charge in [-0.2, -0.15) is 0 Å². The van der Waals surface area contributed by atoms with Crippen molar-refractivity contribution in [2.75, 3.05) is 19.9 Å². The molecule has 3 nitrogen and oxygen atoms in total. The van der Waals surface area contributed by atoms with Crippen molar-refractivity contribution in [3.05, 3.63) is 34.3 Å². The zero-order chi connectivity index (χ0) is 14.2. The van der Waals surface area contributed by atoms with Crippen molar-refractivity contribution in [1.82, 2.24) is 5.32 Å². The van der Waals surface area contributed by atoms with Crippen molar-refractivity contribution < 1.29 is 4.74 Å². The van der Waals surface area contributed by atoms with Crippen LogP contribution in [0.3, 0.4) is 0 Å². The molecule has 1 N–H and O–H groups in total. The summed E-state index contributed by atoms with van der Waals surface area (Å²) >= 11 is 3.44. The Bertz CT molecular complexity index is 419. The predicted octanol–water partition coefficient (Wildman–Crippen LogP) is 3.62. The lowest BCUT2D eigenvalue weighted by Gasteiger charge is -2.10. The zero-order valence-corrected chi connectivity index (χ0v) is 13.6. The predicted molar refractivity (Wildman–Crippen MR) is 87.4 cm³/mol. The van der Waals surface area contributed by atoms with Crippen LogP contribution in [-0.4, -0.2) is 32.1 Å². The molecule has 4 heteroatoms. The summed E-state index contributed by atoms with van der Waals surface area (Å²) < 4.78 is 6.72. The Hall–Kier alpha value is -0.710. The van der Waals surface area contributed by atoms with Crippen LogP contribution in [0.1, 0.15) is 31.7 Å². The van der Waals surface area contributed by atoms with Gasteiger partial charge in [0.1, 0.15) is 0 Å². The normalized spacial score (nSPS) is 22.7. The average Bonchev–Trinajstić information content (AvgIpc) is 2.91. The van der Waals surface area contributed by atoms with E-state index in [9.17, 15) is 0 Å². The molecule has 110 valence electrons. The minimum absolute atomic E-state index is 0.464. The molecule has 1 aliphatic rings. The van der Waals surface area contributed by atoms with Crippen LogP contribution in [0.25, 0.3) is 0 Å². The van der Waals surface area contributed by atoms with Gasteiger partial charge in [0.15, 0.2) is 0 Å². The maximum Gasteiger partial charge on any atom is 0.0965 e. The number of nitrogens with one attached hydrogen (secondary N) is 1. The Labute approximate surface area is 130 Å². The molecule has 1 fully saturated rings. The molecule has 0 radical (unpaired) electrons. The molecule has 0 saturated heterocycles. The Balaban J connectivity index is 1.71. The summed E-state index contributed by atoms with van der Waals surface area (Å²) in [5.41, 5.74) is 1.17. The second-order valence-corrected chi connectivity index (χ2v) is 6.20. The van der Waals surface area contributed by atoms with E-state index in [-0.39, 0.29) is 0 Å². The lowest BCUT2D eigenvalue weighted by molar-refractivity contribution is 0.0874. The van der Waals surface area contributed by atoms with Gasteiger partial charge in [-0.3, -0.25) is 10.3 Å². The highest BCUT2D eigenvalue weighted by Gasteiger charge is 2.23. The fraction of sp³-hybridized carbons (Fsp3) is 0.562. The molecule has 1 saturated carbocycles. The number of benzene rings is 1. The van der Waals surface area contributed by atoms with E-state index >= 15 is 0 Å². The summed E-state index contributed by atoms with van der Waals surface area (Å²) in [5, 5.41) is 3.18. The molecule has 20 heavy (non-hydrogen) atoms. The fourth-order valence-electron chi connectivity index (χ4n) is 2.48. The van der Waals surface area contributed by atoms with E-state index in [2.05, 4.69) is 40.3 Å². The van der Waals surface area contributed by atoms with E-state index in [1.807, 2.05) is 18.3 Å². The number of nitrogens with zero attached hydrogens (tertiary/aromatic N) is 1. The smallest absolute Gasteiger partial charge is 0.0965 e. The molecular formula is C16H23BrN2O. The quantitative estimate of drug-likeness (QED) is 0.468. The van der Waals surface area contributed by atoms with E-state index in [1.54, 1.807) is 0 Å². The van der Waals surface area contributed by atoms with Crippen LogP contribution in [0.2, 0.25) is 0 Å². The van der Waals surface area contributed by atoms with Crippen molar-refractivity contribution >= 4 is 22.1 Å². The van der Waals surface area contributed by atoms with Gasteiger partial charge in [0.05, 0.1) is 19.4 Å². The Morgan fingerprint density at radius 1 is 1.35 bits per heavy atom. The number of rotatable bonds is 7. The van der Waals surface area contributed by atoms with Crippen molar-refractivity contribution in [3.63, 3.8) is 0 Å². The van der Waals surface area contributed by atoms with E-state index in [1.165, 1.54) is 18.4 Å². The molecule has 1 aromatic rings. The van der Waals surface area contributed by atoms with Gasteiger partial charge in [-0.05, 0) is 49.4 Å². The second-order valence-electron chi connectivity index (χ2n) is 5.28. The van der Waals surface area contributed by atoms with Crippen LogP contribution in [0.15, 0.2) is 33.7 Å². The minimum atomic E-state index is 0.464. The lowest BCUT2D eigenvalue weighted by Crippen LogP contribution is -2.19. The van der Waals surface area contributed by atoms with Crippen molar-refractivity contribution in [2.45, 2.75) is 32.2 Å². The van der Waals surface area contributed by atoms with Crippen LogP contribution in [0.4, 0.5) is 0 Å². The van der Waals surface area contributed by atoms with Gasteiger partial charge >= 0.3 is 0 Å². The third kappa shape index (κ3) is 5.35. The molecule has 0 unspecified atom stereocenters. The maximum atomic E-state index is 5.61. The van der Waals surface area contributed by atoms with E-state index in [0.717, 1.165) is 24.0 Å². The maximum absolute atomic E-state index is 5.61. The molecule has 0 aromatic heterocycles. The standard InChI is InChI=1S/C16H23BrN2O/c1-2-18-12-20-11-14-5-8-16(9-14)19-10-13-3-6-15(17)7-4-13/h3-4,6-7,10,14,16,18H,2,5,8-9,11-12H2,1H3/t14-,16+/m0/s1. The first-order valence-electron chi connectivity index (χ1n) is 7.35. The van der Waals surface area contributed by atoms with Gasteiger partial charge in [-0.15, -0.1) is 0 Å². The van der Waals surface area contributed by atoms with Crippen molar-refractivity contribution in [2.24, 2.45) is 10.9 Å². The third-order valence-corrected chi connectivity index (χ3v) is 4.15. The first-order chi connectivity index (χ1) is 9.78. The lowest BCUT2D eigenvalue weighted by atomic mass is 10.1. The highest BCUT2D eigenvalue weighted by Crippen LogP contribution is 2.28. The summed E-state index contributed by atoms with van der Waals surface area (Å²) in [6, 6.07) is 8.73. The molecule has 0 spiro atoms. The number of aliphatic imine (C=N–C) groups is 1. The largest absolute Gasteiger partial charge is 0.366 e. The summed E-state index contributed by atoms with van der Waals surface area (Å²) in [4.78, 5) is 4.71. The first kappa shape index (κ1) is 15.7. The molecule has 0 heterocycles. The Kier molecular flexibility index (Phi) is 6.70. The number of hydrogen-bond donors (Lipinski definition) is 1. The molecule has 1 aliphatic carbocycles. The molecule has 0 aliphatic heterocycles. The van der Waals surface area contributed by atoms with Crippen LogP contribution in [0, 0.1) is 5.92 Å².